The lowest BCUT2D eigenvalue weighted by molar-refractivity contribution is -0.139. The number of nitrogens with one attached hydrogen (secondary N) is 4. The molecule has 5 atom stereocenters. The van der Waals surface area contributed by atoms with Crippen LogP contribution in [-0.2, 0) is 23.9 Å². The molecule has 4 amide bonds. The third-order valence-electron chi connectivity index (χ3n) is 16.1. The summed E-state index contributed by atoms with van der Waals surface area (Å²) in [7, 11) is 1.30. The standard InChI is InChI=1S/C58H66N8O6/c1-34(2)49(64-58(70)71-3)56(68)65-27-11-18-47(65)53-59-45-25-21-41-29-39(19-23-43(41)51(45)61-53)40-20-24-44-42(30-40)22-26-46-52(44)62-54(60-46)48-28-36(33-72-32-35-12-6-4-7-13-35)31-66(48)57(69)50(37-14-8-5-9-15-37)63-55(67)38-16-10-17-38/h5,8-9,14-15,19-26,29-30,34-36,38,47-50H,4,6-7,10-13,16-18,27-28,31-33H2,1-3H3,(H,59,61)(H,60,62)(H,63,67)(H,64,70)/t36-,47-,48-,49-,50+/m0/s1. The molecule has 2 saturated heterocycles. The summed E-state index contributed by atoms with van der Waals surface area (Å²) in [6, 6.07) is 28.9. The fraction of sp³-hybridized carbons (Fsp3) is 0.448. The number of amides is 4. The van der Waals surface area contributed by atoms with Crippen molar-refractivity contribution in [2.24, 2.45) is 23.7 Å². The van der Waals surface area contributed by atoms with Crippen molar-refractivity contribution >= 4 is 67.4 Å². The molecule has 5 aromatic carbocycles. The van der Waals surface area contributed by atoms with E-state index in [9.17, 15) is 19.2 Å². The molecule has 374 valence electrons. The van der Waals surface area contributed by atoms with Crippen LogP contribution in [0.5, 0.6) is 0 Å². The van der Waals surface area contributed by atoms with Gasteiger partial charge in [0, 0.05) is 42.3 Å². The molecule has 2 aliphatic carbocycles. The summed E-state index contributed by atoms with van der Waals surface area (Å²) in [4.78, 5) is 75.7. The maximum Gasteiger partial charge on any atom is 0.407 e. The third-order valence-corrected chi connectivity index (χ3v) is 16.1. The van der Waals surface area contributed by atoms with E-state index in [1.807, 2.05) is 60.0 Å². The Balaban J connectivity index is 0.857. The number of carbonyl (C=O) groups excluding carboxylic acids is 4. The highest BCUT2D eigenvalue weighted by molar-refractivity contribution is 6.07. The van der Waals surface area contributed by atoms with Crippen LogP contribution >= 0.6 is 0 Å². The van der Waals surface area contributed by atoms with E-state index in [-0.39, 0.29) is 47.6 Å². The molecule has 4 aliphatic rings. The molecule has 14 nitrogen and oxygen atoms in total. The van der Waals surface area contributed by atoms with E-state index in [4.69, 9.17) is 19.4 Å². The number of H-pyrrole nitrogens is 2. The predicted octanol–water partition coefficient (Wildman–Crippen LogP) is 10.6. The van der Waals surface area contributed by atoms with Crippen molar-refractivity contribution in [3.05, 3.63) is 108 Å². The summed E-state index contributed by atoms with van der Waals surface area (Å²) < 4.78 is 11.2. The van der Waals surface area contributed by atoms with Crippen LogP contribution in [0, 0.1) is 23.7 Å². The Morgan fingerprint density at radius 1 is 0.667 bits per heavy atom. The van der Waals surface area contributed by atoms with Gasteiger partial charge in [-0.15, -0.1) is 0 Å². The SMILES string of the molecule is COC(=O)N[C@H](C(=O)N1CCC[C@H]1c1nc2ccc3cc(-c4ccc5c(ccc6nc([C@@H]7C[C@H](COCC8CCCCC8)CN7C(=O)[C@H](NC(=O)C7CCC7)c7ccccc7)[nH]c65)c4)ccc3c2[nH]1)C(C)C. The lowest BCUT2D eigenvalue weighted by atomic mass is 9.84. The van der Waals surface area contributed by atoms with E-state index >= 15 is 0 Å². The lowest BCUT2D eigenvalue weighted by Gasteiger charge is -2.31. The lowest BCUT2D eigenvalue weighted by Crippen LogP contribution is -2.51. The first kappa shape index (κ1) is 47.5. The number of hydrogen-bond acceptors (Lipinski definition) is 8. The van der Waals surface area contributed by atoms with Gasteiger partial charge in [0.1, 0.15) is 23.7 Å². The number of alkyl carbamates (subject to hydrolysis) is 1. The minimum absolute atomic E-state index is 0.0511. The van der Waals surface area contributed by atoms with Gasteiger partial charge in [-0.05, 0) is 109 Å². The summed E-state index contributed by atoms with van der Waals surface area (Å²) >= 11 is 0. The van der Waals surface area contributed by atoms with Gasteiger partial charge < -0.3 is 39.9 Å². The van der Waals surface area contributed by atoms with E-state index in [0.717, 1.165) is 111 Å². The molecule has 72 heavy (non-hydrogen) atoms. The van der Waals surface area contributed by atoms with Crippen molar-refractivity contribution < 1.29 is 28.7 Å². The summed E-state index contributed by atoms with van der Waals surface area (Å²) in [5, 5.41) is 10.1. The molecule has 0 radical (unpaired) electrons. The van der Waals surface area contributed by atoms with Crippen molar-refractivity contribution in [2.45, 2.75) is 109 Å². The number of imidazole rings is 2. The van der Waals surface area contributed by atoms with Gasteiger partial charge in [0.15, 0.2) is 0 Å². The topological polar surface area (TPSA) is 175 Å². The molecule has 2 aliphatic heterocycles. The number of methoxy groups -OCH3 is 1. The number of hydrogen-bond donors (Lipinski definition) is 4. The molecular formula is C58H66N8O6. The molecule has 4 heterocycles. The van der Waals surface area contributed by atoms with Gasteiger partial charge in [-0.1, -0.05) is 106 Å². The van der Waals surface area contributed by atoms with Gasteiger partial charge in [0.25, 0.3) is 0 Å². The zero-order valence-corrected chi connectivity index (χ0v) is 41.6. The summed E-state index contributed by atoms with van der Waals surface area (Å²) in [6.07, 6.45) is 10.7. The molecule has 14 heteroatoms. The van der Waals surface area contributed by atoms with E-state index in [2.05, 4.69) is 75.2 Å². The number of benzene rings is 5. The van der Waals surface area contributed by atoms with E-state index in [1.165, 1.54) is 39.2 Å². The number of nitrogens with zero attached hydrogens (tertiary/aromatic N) is 4. The van der Waals surface area contributed by atoms with Crippen molar-refractivity contribution in [3.8, 4) is 11.1 Å². The van der Waals surface area contributed by atoms with Gasteiger partial charge in [0.2, 0.25) is 17.7 Å². The number of rotatable bonds is 14. The van der Waals surface area contributed by atoms with E-state index in [0.29, 0.717) is 32.0 Å². The molecule has 0 bridgehead atoms. The van der Waals surface area contributed by atoms with Crippen LogP contribution in [0.1, 0.15) is 120 Å². The van der Waals surface area contributed by atoms with Crippen molar-refractivity contribution in [2.75, 3.05) is 33.4 Å². The quantitative estimate of drug-likeness (QED) is 0.0833. The Hall–Kier alpha value is -6.80. The Bertz CT molecular complexity index is 3140. The van der Waals surface area contributed by atoms with Crippen LogP contribution in [0.4, 0.5) is 4.79 Å². The van der Waals surface area contributed by atoms with Gasteiger partial charge >= 0.3 is 6.09 Å². The predicted molar refractivity (Wildman–Crippen MR) is 279 cm³/mol. The molecule has 7 aromatic rings. The Morgan fingerprint density at radius 2 is 1.31 bits per heavy atom. The largest absolute Gasteiger partial charge is 0.453 e. The molecule has 2 saturated carbocycles. The van der Waals surface area contributed by atoms with Crippen molar-refractivity contribution in [3.63, 3.8) is 0 Å². The molecule has 4 N–H and O–H groups in total. The summed E-state index contributed by atoms with van der Waals surface area (Å²) in [5.74, 6) is 1.73. The fourth-order valence-electron chi connectivity index (χ4n) is 11.9. The highest BCUT2D eigenvalue weighted by Crippen LogP contribution is 2.40. The number of aromatic amines is 2. The third kappa shape index (κ3) is 9.41. The highest BCUT2D eigenvalue weighted by atomic mass is 16.5. The molecule has 0 unspecified atom stereocenters. The number of ether oxygens (including phenoxy) is 2. The zero-order chi connectivity index (χ0) is 49.5. The van der Waals surface area contributed by atoms with Crippen LogP contribution in [0.25, 0.3) is 54.7 Å². The Morgan fingerprint density at radius 3 is 1.92 bits per heavy atom. The second kappa shape index (κ2) is 20.4. The van der Waals surface area contributed by atoms with Crippen LogP contribution in [-0.4, -0.2) is 93.0 Å². The van der Waals surface area contributed by atoms with Crippen LogP contribution < -0.4 is 10.6 Å². The van der Waals surface area contributed by atoms with Crippen molar-refractivity contribution in [1.29, 1.82) is 0 Å². The number of aromatic nitrogens is 4. The molecule has 0 spiro atoms. The molecule has 2 aromatic heterocycles. The van der Waals surface area contributed by atoms with Gasteiger partial charge in [-0.25, -0.2) is 14.8 Å². The zero-order valence-electron chi connectivity index (χ0n) is 41.6. The molecule has 11 rings (SSSR count). The van der Waals surface area contributed by atoms with Gasteiger partial charge in [-0.2, -0.15) is 0 Å². The number of fused-ring (bicyclic) bond motifs is 6. The normalized spacial score (nSPS) is 20.6. The van der Waals surface area contributed by atoms with Crippen LogP contribution in [0.15, 0.2) is 91.0 Å². The Kier molecular flexibility index (Phi) is 13.4. The smallest absolute Gasteiger partial charge is 0.407 e. The average Bonchev–Trinajstić information content (AvgIpc) is 4.22. The second-order valence-corrected chi connectivity index (χ2v) is 21.2. The first-order valence-electron chi connectivity index (χ1n) is 26.3. The van der Waals surface area contributed by atoms with Crippen LogP contribution in [0.3, 0.4) is 0 Å². The van der Waals surface area contributed by atoms with E-state index in [1.54, 1.807) is 0 Å². The average molecular weight is 971 g/mol. The first-order valence-corrected chi connectivity index (χ1v) is 26.3. The maximum absolute atomic E-state index is 15.0. The first-order chi connectivity index (χ1) is 35.1. The second-order valence-electron chi connectivity index (χ2n) is 21.2. The van der Waals surface area contributed by atoms with Gasteiger partial charge in [-0.3, -0.25) is 14.4 Å². The molecular weight excluding hydrogens is 905 g/mol. The highest BCUT2D eigenvalue weighted by Gasteiger charge is 2.43. The Labute approximate surface area is 420 Å². The number of carbonyl (C=O) groups is 4. The van der Waals surface area contributed by atoms with Crippen molar-refractivity contribution in [1.82, 2.24) is 40.4 Å². The van der Waals surface area contributed by atoms with E-state index < -0.39 is 18.2 Å². The minimum Gasteiger partial charge on any atom is -0.453 e. The van der Waals surface area contributed by atoms with Gasteiger partial charge in [0.05, 0.1) is 47.9 Å². The molecule has 4 fully saturated rings. The summed E-state index contributed by atoms with van der Waals surface area (Å²) in [6.45, 7) is 6.28. The fourth-order valence-corrected chi connectivity index (χ4v) is 11.9. The maximum atomic E-state index is 15.0. The monoisotopic (exact) mass is 971 g/mol. The van der Waals surface area contributed by atoms with Crippen LogP contribution in [0.2, 0.25) is 0 Å². The minimum atomic E-state index is -0.799. The summed E-state index contributed by atoms with van der Waals surface area (Å²) in [5.41, 5.74) is 6.45. The number of likely N-dealkylation sites (tertiary alicyclic amines) is 2.